The van der Waals surface area contributed by atoms with Crippen molar-refractivity contribution in [3.05, 3.63) is 90.0 Å². The highest BCUT2D eigenvalue weighted by atomic mass is 16.5. The maximum absolute atomic E-state index is 12.7. The Morgan fingerprint density at radius 2 is 1.57 bits per heavy atom. The van der Waals surface area contributed by atoms with Crippen molar-refractivity contribution in [2.75, 3.05) is 63.2 Å². The number of ether oxygens (including phenoxy) is 1. The number of nitrogens with one attached hydrogen (secondary N) is 1. The van der Waals surface area contributed by atoms with E-state index in [1.165, 1.54) is 11.3 Å². The maximum atomic E-state index is 12.7. The first-order chi connectivity index (χ1) is 17.0. The van der Waals surface area contributed by atoms with Gasteiger partial charge in [0.2, 0.25) is 0 Å². The minimum atomic E-state index is -0.105. The molecule has 3 aromatic carbocycles. The van der Waals surface area contributed by atoms with Gasteiger partial charge < -0.3 is 19.9 Å². The van der Waals surface area contributed by atoms with Gasteiger partial charge in [-0.15, -0.1) is 0 Å². The zero-order chi connectivity index (χ0) is 24.6. The van der Waals surface area contributed by atoms with Crippen molar-refractivity contribution in [2.24, 2.45) is 0 Å². The molecular weight excluding hydrogens is 436 g/mol. The van der Waals surface area contributed by atoms with Crippen LogP contribution in [0.2, 0.25) is 0 Å². The van der Waals surface area contributed by atoms with Crippen LogP contribution in [-0.2, 0) is 4.79 Å². The summed E-state index contributed by atoms with van der Waals surface area (Å²) in [6, 6.07) is 27.1. The van der Waals surface area contributed by atoms with Gasteiger partial charge in [-0.3, -0.25) is 9.69 Å². The van der Waals surface area contributed by atoms with E-state index in [0.29, 0.717) is 6.54 Å². The lowest BCUT2D eigenvalue weighted by atomic mass is 10.0. The quantitative estimate of drug-likeness (QED) is 0.508. The number of hydrogen-bond acceptors (Lipinski definition) is 5. The molecular formula is C29H36N4O2. The standard InChI is InChI=1S/C29H36N4O2/c1-23-9-7-8-12-28(23)35-22-29(34)30-21-27(24-13-15-25(16-14-24)31(2)3)33-19-17-32(18-20-33)26-10-5-4-6-11-26/h4-16,27H,17-22H2,1-3H3,(H,30,34)/t27-/m1/s1. The molecule has 6 heteroatoms. The summed E-state index contributed by atoms with van der Waals surface area (Å²) in [6.45, 7) is 6.33. The summed E-state index contributed by atoms with van der Waals surface area (Å²) in [6.07, 6.45) is 0. The van der Waals surface area contributed by atoms with Crippen LogP contribution in [0, 0.1) is 6.92 Å². The van der Waals surface area contributed by atoms with Crippen LogP contribution in [0.15, 0.2) is 78.9 Å². The molecule has 6 nitrogen and oxygen atoms in total. The molecule has 3 aromatic rings. The number of hydrogen-bond donors (Lipinski definition) is 1. The van der Waals surface area contributed by atoms with E-state index in [9.17, 15) is 4.79 Å². The van der Waals surface area contributed by atoms with Crippen LogP contribution < -0.4 is 19.9 Å². The molecule has 0 unspecified atom stereocenters. The molecule has 1 fully saturated rings. The van der Waals surface area contributed by atoms with E-state index >= 15 is 0 Å². The fraction of sp³-hybridized carbons (Fsp3) is 0.345. The lowest BCUT2D eigenvalue weighted by Crippen LogP contribution is -2.50. The van der Waals surface area contributed by atoms with Crippen molar-refractivity contribution >= 4 is 17.3 Å². The molecule has 1 N–H and O–H groups in total. The number of carbonyl (C=O) groups is 1. The molecule has 0 spiro atoms. The smallest absolute Gasteiger partial charge is 0.258 e. The van der Waals surface area contributed by atoms with Crippen LogP contribution in [0.25, 0.3) is 0 Å². The van der Waals surface area contributed by atoms with Gasteiger partial charge in [-0.25, -0.2) is 0 Å². The molecule has 1 saturated heterocycles. The second kappa shape index (κ2) is 11.8. The fourth-order valence-electron chi connectivity index (χ4n) is 4.51. The Bertz CT molecular complexity index is 1080. The first kappa shape index (κ1) is 24.6. The van der Waals surface area contributed by atoms with Gasteiger partial charge in [-0.05, 0) is 48.4 Å². The molecule has 1 amide bonds. The fourth-order valence-corrected chi connectivity index (χ4v) is 4.51. The number of anilines is 2. The molecule has 184 valence electrons. The monoisotopic (exact) mass is 472 g/mol. The summed E-state index contributed by atoms with van der Waals surface area (Å²) < 4.78 is 5.75. The molecule has 1 atom stereocenters. The third-order valence-electron chi connectivity index (χ3n) is 6.62. The normalized spacial score (nSPS) is 14.9. The number of benzene rings is 3. The number of amides is 1. The number of carbonyl (C=O) groups excluding carboxylic acids is 1. The van der Waals surface area contributed by atoms with E-state index < -0.39 is 0 Å². The topological polar surface area (TPSA) is 48.1 Å². The predicted molar refractivity (Wildman–Crippen MR) is 143 cm³/mol. The highest BCUT2D eigenvalue weighted by Crippen LogP contribution is 2.26. The van der Waals surface area contributed by atoms with Crippen LogP contribution in [0.1, 0.15) is 17.2 Å². The van der Waals surface area contributed by atoms with E-state index in [2.05, 4.69) is 74.6 Å². The van der Waals surface area contributed by atoms with Crippen molar-refractivity contribution in [3.8, 4) is 5.75 Å². The van der Waals surface area contributed by atoms with Crippen LogP contribution in [0.4, 0.5) is 11.4 Å². The lowest BCUT2D eigenvalue weighted by Gasteiger charge is -2.40. The van der Waals surface area contributed by atoms with Crippen molar-refractivity contribution in [3.63, 3.8) is 0 Å². The van der Waals surface area contributed by atoms with Gasteiger partial charge in [0.1, 0.15) is 5.75 Å². The van der Waals surface area contributed by atoms with Crippen LogP contribution >= 0.6 is 0 Å². The zero-order valence-electron chi connectivity index (χ0n) is 21.0. The van der Waals surface area contributed by atoms with Gasteiger partial charge >= 0.3 is 0 Å². The highest BCUT2D eigenvalue weighted by molar-refractivity contribution is 5.77. The van der Waals surface area contributed by atoms with Gasteiger partial charge in [-0.2, -0.15) is 0 Å². The van der Waals surface area contributed by atoms with E-state index in [-0.39, 0.29) is 18.6 Å². The summed E-state index contributed by atoms with van der Waals surface area (Å²) in [5.74, 6) is 0.640. The van der Waals surface area contributed by atoms with Crippen molar-refractivity contribution in [2.45, 2.75) is 13.0 Å². The average molecular weight is 473 g/mol. The van der Waals surface area contributed by atoms with Crippen LogP contribution in [-0.4, -0.2) is 64.2 Å². The van der Waals surface area contributed by atoms with Crippen LogP contribution in [0.3, 0.4) is 0 Å². The summed E-state index contributed by atoms with van der Waals surface area (Å²) in [7, 11) is 4.09. The third kappa shape index (κ3) is 6.55. The van der Waals surface area contributed by atoms with Gasteiger partial charge in [0.05, 0.1) is 6.04 Å². The van der Waals surface area contributed by atoms with Gasteiger partial charge in [0.25, 0.3) is 5.91 Å². The molecule has 4 rings (SSSR count). The zero-order valence-corrected chi connectivity index (χ0v) is 21.0. The molecule has 0 saturated carbocycles. The summed E-state index contributed by atoms with van der Waals surface area (Å²) in [5.41, 5.74) is 4.66. The Kier molecular flexibility index (Phi) is 8.27. The summed E-state index contributed by atoms with van der Waals surface area (Å²) >= 11 is 0. The van der Waals surface area contributed by atoms with Crippen molar-refractivity contribution < 1.29 is 9.53 Å². The molecule has 0 aliphatic carbocycles. The molecule has 1 heterocycles. The number of piperazine rings is 1. The van der Waals surface area contributed by atoms with Crippen LogP contribution in [0.5, 0.6) is 5.75 Å². The number of rotatable bonds is 9. The molecule has 1 aliphatic heterocycles. The van der Waals surface area contributed by atoms with Crippen molar-refractivity contribution in [1.82, 2.24) is 10.2 Å². The second-order valence-electron chi connectivity index (χ2n) is 9.22. The van der Waals surface area contributed by atoms with Gasteiger partial charge in [-0.1, -0.05) is 48.5 Å². The Labute approximate surface area is 209 Å². The van der Waals surface area contributed by atoms with E-state index in [1.807, 2.05) is 45.3 Å². The summed E-state index contributed by atoms with van der Waals surface area (Å²) in [4.78, 5) is 19.7. The minimum Gasteiger partial charge on any atom is -0.484 e. The number of nitrogens with zero attached hydrogens (tertiary/aromatic N) is 3. The van der Waals surface area contributed by atoms with Crippen molar-refractivity contribution in [1.29, 1.82) is 0 Å². The predicted octanol–water partition coefficient (Wildman–Crippen LogP) is 4.12. The van der Waals surface area contributed by atoms with E-state index in [4.69, 9.17) is 4.74 Å². The SMILES string of the molecule is Cc1ccccc1OCC(=O)NC[C@H](c1ccc(N(C)C)cc1)N1CCN(c2ccccc2)CC1. The maximum Gasteiger partial charge on any atom is 0.258 e. The lowest BCUT2D eigenvalue weighted by molar-refractivity contribution is -0.123. The van der Waals surface area contributed by atoms with Gasteiger partial charge in [0.15, 0.2) is 6.61 Å². The molecule has 0 bridgehead atoms. The number of para-hydroxylation sites is 2. The van der Waals surface area contributed by atoms with Gasteiger partial charge in [0, 0.05) is 58.2 Å². The summed E-state index contributed by atoms with van der Waals surface area (Å²) in [5, 5.41) is 3.12. The van der Waals surface area contributed by atoms with E-state index in [0.717, 1.165) is 43.2 Å². The molecule has 0 aromatic heterocycles. The Morgan fingerprint density at radius 1 is 0.914 bits per heavy atom. The minimum absolute atomic E-state index is 0.0128. The highest BCUT2D eigenvalue weighted by Gasteiger charge is 2.26. The molecule has 35 heavy (non-hydrogen) atoms. The molecule has 1 aliphatic rings. The first-order valence-corrected chi connectivity index (χ1v) is 12.3. The number of aryl methyl sites for hydroxylation is 1. The van der Waals surface area contributed by atoms with E-state index in [1.54, 1.807) is 0 Å². The first-order valence-electron chi connectivity index (χ1n) is 12.3. The Hall–Kier alpha value is -3.51. The second-order valence-corrected chi connectivity index (χ2v) is 9.22. The Morgan fingerprint density at radius 3 is 2.23 bits per heavy atom. The Balaban J connectivity index is 1.40. The molecule has 0 radical (unpaired) electrons. The average Bonchev–Trinajstić information content (AvgIpc) is 2.89. The third-order valence-corrected chi connectivity index (χ3v) is 6.62. The largest absolute Gasteiger partial charge is 0.484 e.